The van der Waals surface area contributed by atoms with Crippen LogP contribution in [0, 0.1) is 0 Å². The Kier molecular flexibility index (Phi) is 4.59. The van der Waals surface area contributed by atoms with E-state index in [2.05, 4.69) is 4.72 Å². The molecule has 1 N–H and O–H groups in total. The molecule has 0 aliphatic heterocycles. The Morgan fingerprint density at radius 2 is 2.05 bits per heavy atom. The number of sulfonamides is 1. The van der Waals surface area contributed by atoms with E-state index in [4.69, 9.17) is 4.42 Å². The first-order valence-corrected chi connectivity index (χ1v) is 8.11. The van der Waals surface area contributed by atoms with E-state index in [1.165, 1.54) is 18.4 Å². The molecule has 1 aromatic heterocycles. The highest BCUT2D eigenvalue weighted by Crippen LogP contribution is 2.18. The summed E-state index contributed by atoms with van der Waals surface area (Å²) in [5.74, 6) is 0.436. The highest BCUT2D eigenvalue weighted by atomic mass is 32.2. The van der Waals surface area contributed by atoms with Gasteiger partial charge in [-0.05, 0) is 31.2 Å². The summed E-state index contributed by atoms with van der Waals surface area (Å²) < 4.78 is 32.4. The monoisotopic (exact) mass is 307 g/mol. The molecule has 1 aromatic carbocycles. The van der Waals surface area contributed by atoms with E-state index < -0.39 is 16.1 Å². The van der Waals surface area contributed by atoms with Crippen molar-refractivity contribution >= 4 is 15.8 Å². The van der Waals surface area contributed by atoms with Crippen LogP contribution >= 0.6 is 0 Å². The van der Waals surface area contributed by atoms with Gasteiger partial charge in [-0.25, -0.2) is 13.1 Å². The molecule has 6 heteroatoms. The summed E-state index contributed by atoms with van der Waals surface area (Å²) >= 11 is 0. The molecule has 0 aliphatic carbocycles. The third-order valence-electron chi connectivity index (χ3n) is 3.09. The van der Waals surface area contributed by atoms with E-state index in [-0.39, 0.29) is 10.7 Å². The minimum Gasteiger partial charge on any atom is -0.468 e. The molecule has 0 saturated carbocycles. The first-order valence-electron chi connectivity index (χ1n) is 6.63. The molecule has 2 rings (SSSR count). The SMILES string of the molecule is CCC(=O)c1cccc(S(=O)(=O)NC(C)c2ccco2)c1. The van der Waals surface area contributed by atoms with E-state index in [1.54, 1.807) is 38.1 Å². The van der Waals surface area contributed by atoms with E-state index in [9.17, 15) is 13.2 Å². The van der Waals surface area contributed by atoms with Crippen LogP contribution in [0.4, 0.5) is 0 Å². The molecule has 1 atom stereocenters. The zero-order valence-electron chi connectivity index (χ0n) is 11.9. The Balaban J connectivity index is 2.25. The van der Waals surface area contributed by atoms with Gasteiger partial charge in [0.05, 0.1) is 17.2 Å². The molecule has 0 amide bonds. The van der Waals surface area contributed by atoms with Crippen LogP contribution in [0.2, 0.25) is 0 Å². The molecule has 1 unspecified atom stereocenters. The third-order valence-corrected chi connectivity index (χ3v) is 4.63. The largest absolute Gasteiger partial charge is 0.468 e. The normalized spacial score (nSPS) is 13.0. The van der Waals surface area contributed by atoms with Gasteiger partial charge in [0.2, 0.25) is 10.0 Å². The van der Waals surface area contributed by atoms with Gasteiger partial charge in [-0.3, -0.25) is 4.79 Å². The van der Waals surface area contributed by atoms with Crippen LogP contribution in [0.3, 0.4) is 0 Å². The molecule has 1 heterocycles. The highest BCUT2D eigenvalue weighted by Gasteiger charge is 2.20. The Hall–Kier alpha value is -1.92. The third kappa shape index (κ3) is 3.59. The molecule has 0 radical (unpaired) electrons. The number of Topliss-reactive ketones (excluding diaryl/α,β-unsaturated/α-hetero) is 1. The molecule has 0 saturated heterocycles. The predicted molar refractivity (Wildman–Crippen MR) is 78.5 cm³/mol. The lowest BCUT2D eigenvalue weighted by molar-refractivity contribution is 0.0988. The van der Waals surface area contributed by atoms with Gasteiger partial charge in [0.25, 0.3) is 0 Å². The topological polar surface area (TPSA) is 76.4 Å². The van der Waals surface area contributed by atoms with Crippen molar-refractivity contribution in [2.24, 2.45) is 0 Å². The fourth-order valence-electron chi connectivity index (χ4n) is 1.94. The molecule has 0 fully saturated rings. The average Bonchev–Trinajstić information content (AvgIpc) is 3.00. The maximum Gasteiger partial charge on any atom is 0.241 e. The van der Waals surface area contributed by atoms with E-state index in [1.807, 2.05) is 0 Å². The summed E-state index contributed by atoms with van der Waals surface area (Å²) in [4.78, 5) is 11.7. The second kappa shape index (κ2) is 6.24. The number of carbonyl (C=O) groups is 1. The zero-order chi connectivity index (χ0) is 15.5. The fraction of sp³-hybridized carbons (Fsp3) is 0.267. The number of hydrogen-bond donors (Lipinski definition) is 1. The van der Waals surface area contributed by atoms with Crippen molar-refractivity contribution in [2.75, 3.05) is 0 Å². The van der Waals surface area contributed by atoms with Gasteiger partial charge in [-0.2, -0.15) is 0 Å². The van der Waals surface area contributed by atoms with Crippen molar-refractivity contribution in [1.29, 1.82) is 0 Å². The van der Waals surface area contributed by atoms with E-state index >= 15 is 0 Å². The van der Waals surface area contributed by atoms with Gasteiger partial charge in [0.1, 0.15) is 5.76 Å². The smallest absolute Gasteiger partial charge is 0.241 e. The van der Waals surface area contributed by atoms with Crippen molar-refractivity contribution in [3.8, 4) is 0 Å². The molecule has 0 spiro atoms. The number of benzene rings is 1. The summed E-state index contributed by atoms with van der Waals surface area (Å²) in [6.07, 6.45) is 1.82. The second-order valence-corrected chi connectivity index (χ2v) is 6.38. The van der Waals surface area contributed by atoms with Gasteiger partial charge in [-0.1, -0.05) is 19.1 Å². The number of carbonyl (C=O) groups excluding carboxylic acids is 1. The van der Waals surface area contributed by atoms with Gasteiger partial charge in [-0.15, -0.1) is 0 Å². The summed E-state index contributed by atoms with van der Waals surface area (Å²) in [5.41, 5.74) is 0.394. The number of rotatable bonds is 6. The van der Waals surface area contributed by atoms with Crippen molar-refractivity contribution in [2.45, 2.75) is 31.2 Å². The van der Waals surface area contributed by atoms with Crippen LogP contribution in [-0.2, 0) is 10.0 Å². The standard InChI is InChI=1S/C15H17NO4S/c1-3-14(17)12-6-4-7-13(10-12)21(18,19)16-11(2)15-8-5-9-20-15/h4-11,16H,3H2,1-2H3. The van der Waals surface area contributed by atoms with E-state index in [0.717, 1.165) is 0 Å². The highest BCUT2D eigenvalue weighted by molar-refractivity contribution is 7.89. The van der Waals surface area contributed by atoms with Crippen molar-refractivity contribution in [3.05, 3.63) is 54.0 Å². The summed E-state index contributed by atoms with van der Waals surface area (Å²) in [5, 5.41) is 0. The number of furan rings is 1. The molecular weight excluding hydrogens is 290 g/mol. The minimum absolute atomic E-state index is 0.0696. The first-order chi connectivity index (χ1) is 9.94. The van der Waals surface area contributed by atoms with Crippen LogP contribution in [0.15, 0.2) is 52.0 Å². The summed E-state index contributed by atoms with van der Waals surface area (Å²) in [6.45, 7) is 3.43. The van der Waals surface area contributed by atoms with Crippen molar-refractivity contribution in [1.82, 2.24) is 4.72 Å². The van der Waals surface area contributed by atoms with Crippen LogP contribution in [0.5, 0.6) is 0 Å². The van der Waals surface area contributed by atoms with Crippen molar-refractivity contribution in [3.63, 3.8) is 0 Å². The fourth-order valence-corrected chi connectivity index (χ4v) is 3.19. The van der Waals surface area contributed by atoms with E-state index in [0.29, 0.717) is 17.7 Å². The first kappa shape index (κ1) is 15.5. The predicted octanol–water partition coefficient (Wildman–Crippen LogP) is 2.91. The number of ketones is 1. The van der Waals surface area contributed by atoms with Crippen LogP contribution in [-0.4, -0.2) is 14.2 Å². The van der Waals surface area contributed by atoms with Crippen LogP contribution in [0.25, 0.3) is 0 Å². The molecule has 21 heavy (non-hydrogen) atoms. The lowest BCUT2D eigenvalue weighted by Gasteiger charge is -2.12. The van der Waals surface area contributed by atoms with Gasteiger partial charge in [0, 0.05) is 12.0 Å². The molecule has 2 aromatic rings. The quantitative estimate of drug-likeness (QED) is 0.832. The molecular formula is C15H17NO4S. The zero-order valence-corrected chi connectivity index (χ0v) is 12.7. The lowest BCUT2D eigenvalue weighted by atomic mass is 10.1. The van der Waals surface area contributed by atoms with Gasteiger partial charge in [0.15, 0.2) is 5.78 Å². The Labute approximate surface area is 124 Å². The minimum atomic E-state index is -3.71. The maximum absolute atomic E-state index is 12.3. The van der Waals surface area contributed by atoms with Crippen LogP contribution < -0.4 is 4.72 Å². The second-order valence-electron chi connectivity index (χ2n) is 4.66. The van der Waals surface area contributed by atoms with Gasteiger partial charge >= 0.3 is 0 Å². The number of hydrogen-bond acceptors (Lipinski definition) is 4. The molecule has 112 valence electrons. The van der Waals surface area contributed by atoms with Crippen molar-refractivity contribution < 1.29 is 17.6 Å². The Bertz CT molecular complexity index is 720. The lowest BCUT2D eigenvalue weighted by Crippen LogP contribution is -2.26. The Morgan fingerprint density at radius 3 is 2.67 bits per heavy atom. The maximum atomic E-state index is 12.3. The van der Waals surface area contributed by atoms with Gasteiger partial charge < -0.3 is 4.42 Å². The molecule has 5 nitrogen and oxygen atoms in total. The molecule has 0 bridgehead atoms. The summed E-state index contributed by atoms with van der Waals surface area (Å²) in [7, 11) is -3.71. The van der Waals surface area contributed by atoms with Crippen LogP contribution in [0.1, 0.15) is 42.4 Å². The Morgan fingerprint density at radius 1 is 1.29 bits per heavy atom. The average molecular weight is 307 g/mol. The molecule has 0 aliphatic rings. The summed E-state index contributed by atoms with van der Waals surface area (Å²) in [6, 6.07) is 8.93. The number of nitrogens with one attached hydrogen (secondary N) is 1.